The fourth-order valence-corrected chi connectivity index (χ4v) is 2.17. The van der Waals surface area contributed by atoms with E-state index in [4.69, 9.17) is 10.00 Å². The Bertz CT molecular complexity index is 401. The predicted octanol–water partition coefficient (Wildman–Crippen LogP) is 2.80. The van der Waals surface area contributed by atoms with Crippen LogP contribution in [0, 0.1) is 11.3 Å². The third-order valence-corrected chi connectivity index (χ3v) is 3.36. The van der Waals surface area contributed by atoms with Crippen molar-refractivity contribution in [3.63, 3.8) is 0 Å². The Hall–Kier alpha value is -1.18. The average Bonchev–Trinajstić information content (AvgIpc) is 2.42. The number of hydrogen-bond donors (Lipinski definition) is 1. The second-order valence-electron chi connectivity index (χ2n) is 4.02. The van der Waals surface area contributed by atoms with E-state index in [0.717, 1.165) is 18.7 Å². The number of hydrogen-bond acceptors (Lipinski definition) is 4. The number of ether oxygens (including phenoxy) is 1. The van der Waals surface area contributed by atoms with Gasteiger partial charge in [-0.2, -0.15) is 17.0 Å². The predicted molar refractivity (Wildman–Crippen MR) is 77.0 cm³/mol. The Kier molecular flexibility index (Phi) is 7.31. The smallest absolute Gasteiger partial charge is 0.136 e. The molecular formula is C14H20N2OS. The Labute approximate surface area is 114 Å². The van der Waals surface area contributed by atoms with Crippen LogP contribution in [-0.2, 0) is 6.54 Å². The van der Waals surface area contributed by atoms with Gasteiger partial charge in [0.25, 0.3) is 0 Å². The van der Waals surface area contributed by atoms with E-state index in [9.17, 15) is 0 Å². The Morgan fingerprint density at radius 3 is 2.89 bits per heavy atom. The van der Waals surface area contributed by atoms with Crippen LogP contribution < -0.4 is 10.1 Å². The van der Waals surface area contributed by atoms with E-state index in [-0.39, 0.29) is 0 Å². The molecule has 0 amide bonds. The van der Waals surface area contributed by atoms with Crippen molar-refractivity contribution >= 4 is 11.8 Å². The Morgan fingerprint density at radius 2 is 2.22 bits per heavy atom. The third kappa shape index (κ3) is 4.99. The van der Waals surface area contributed by atoms with Crippen LogP contribution in [0.25, 0.3) is 0 Å². The first kappa shape index (κ1) is 14.9. The van der Waals surface area contributed by atoms with Crippen LogP contribution in [0.5, 0.6) is 5.75 Å². The quantitative estimate of drug-likeness (QED) is 0.733. The number of nitrogens with zero attached hydrogens (tertiary/aromatic N) is 1. The summed E-state index contributed by atoms with van der Waals surface area (Å²) in [4.78, 5) is 0. The minimum absolute atomic E-state index is 0.596. The molecule has 1 N–H and O–H groups in total. The molecule has 1 rings (SSSR count). The molecule has 0 saturated carbocycles. The zero-order chi connectivity index (χ0) is 13.2. The molecule has 0 fully saturated rings. The molecule has 98 valence electrons. The number of nitrogens with one attached hydrogen (secondary N) is 1. The van der Waals surface area contributed by atoms with E-state index in [0.29, 0.717) is 11.3 Å². The highest BCUT2D eigenvalue weighted by Gasteiger charge is 2.03. The number of unbranched alkanes of at least 4 members (excludes halogenated alkanes) is 1. The van der Waals surface area contributed by atoms with Crippen molar-refractivity contribution in [1.29, 1.82) is 5.26 Å². The zero-order valence-corrected chi connectivity index (χ0v) is 11.8. The van der Waals surface area contributed by atoms with Crippen molar-refractivity contribution in [3.8, 4) is 11.8 Å². The van der Waals surface area contributed by atoms with Crippen molar-refractivity contribution in [2.45, 2.75) is 19.4 Å². The molecule has 0 unspecified atom stereocenters. The molecule has 3 nitrogen and oxygen atoms in total. The highest BCUT2D eigenvalue weighted by atomic mass is 32.2. The lowest BCUT2D eigenvalue weighted by Crippen LogP contribution is -2.15. The lowest BCUT2D eigenvalue weighted by atomic mass is 10.1. The van der Waals surface area contributed by atoms with E-state index >= 15 is 0 Å². The molecule has 0 aromatic heterocycles. The average molecular weight is 264 g/mol. The molecule has 0 atom stereocenters. The van der Waals surface area contributed by atoms with Gasteiger partial charge in [0.2, 0.25) is 0 Å². The van der Waals surface area contributed by atoms with Crippen LogP contribution in [-0.4, -0.2) is 25.7 Å². The normalized spacial score (nSPS) is 10.1. The topological polar surface area (TPSA) is 45.0 Å². The summed E-state index contributed by atoms with van der Waals surface area (Å²) in [5.41, 5.74) is 1.72. The molecule has 0 saturated heterocycles. The van der Waals surface area contributed by atoms with Crippen molar-refractivity contribution < 1.29 is 4.74 Å². The summed E-state index contributed by atoms with van der Waals surface area (Å²) in [6, 6.07) is 7.88. The molecule has 0 aliphatic heterocycles. The first-order chi connectivity index (χ1) is 8.81. The molecule has 0 spiro atoms. The maximum atomic E-state index is 8.99. The first-order valence-corrected chi connectivity index (χ1v) is 7.48. The van der Waals surface area contributed by atoms with Gasteiger partial charge in [0.1, 0.15) is 11.8 Å². The second kappa shape index (κ2) is 8.84. The molecule has 0 aliphatic carbocycles. The van der Waals surface area contributed by atoms with Crippen molar-refractivity contribution in [2.75, 3.05) is 25.7 Å². The van der Waals surface area contributed by atoms with Gasteiger partial charge in [-0.3, -0.25) is 0 Å². The molecule has 0 bridgehead atoms. The molecule has 1 aromatic rings. The lowest BCUT2D eigenvalue weighted by Gasteiger charge is -2.07. The lowest BCUT2D eigenvalue weighted by molar-refractivity contribution is 0.413. The Balaban J connectivity index is 2.37. The van der Waals surface area contributed by atoms with Crippen LogP contribution in [0.15, 0.2) is 18.2 Å². The van der Waals surface area contributed by atoms with E-state index in [1.54, 1.807) is 7.11 Å². The minimum atomic E-state index is 0.596. The molecule has 0 heterocycles. The summed E-state index contributed by atoms with van der Waals surface area (Å²) in [5, 5.41) is 12.4. The van der Waals surface area contributed by atoms with Gasteiger partial charge in [-0.25, -0.2) is 0 Å². The fraction of sp³-hybridized carbons (Fsp3) is 0.500. The van der Waals surface area contributed by atoms with Gasteiger partial charge in [-0.1, -0.05) is 6.07 Å². The van der Waals surface area contributed by atoms with E-state index < -0.39 is 0 Å². The number of rotatable bonds is 8. The summed E-state index contributed by atoms with van der Waals surface area (Å²) in [6.45, 7) is 1.83. The van der Waals surface area contributed by atoms with Crippen LogP contribution in [0.2, 0.25) is 0 Å². The van der Waals surface area contributed by atoms with Crippen molar-refractivity contribution in [2.24, 2.45) is 0 Å². The molecular weight excluding hydrogens is 244 g/mol. The Morgan fingerprint density at radius 1 is 1.39 bits per heavy atom. The molecule has 18 heavy (non-hydrogen) atoms. The third-order valence-electron chi connectivity index (χ3n) is 2.67. The van der Waals surface area contributed by atoms with E-state index in [1.165, 1.54) is 18.6 Å². The van der Waals surface area contributed by atoms with Gasteiger partial charge in [0.05, 0.1) is 12.7 Å². The second-order valence-corrected chi connectivity index (χ2v) is 5.01. The maximum absolute atomic E-state index is 8.99. The highest BCUT2D eigenvalue weighted by Crippen LogP contribution is 2.18. The maximum Gasteiger partial charge on any atom is 0.136 e. The van der Waals surface area contributed by atoms with Crippen LogP contribution in [0.4, 0.5) is 0 Å². The summed E-state index contributed by atoms with van der Waals surface area (Å²) < 4.78 is 5.12. The summed E-state index contributed by atoms with van der Waals surface area (Å²) >= 11 is 1.89. The molecule has 0 aliphatic rings. The fourth-order valence-electron chi connectivity index (χ4n) is 1.68. The van der Waals surface area contributed by atoms with E-state index in [1.807, 2.05) is 30.0 Å². The standard InChI is InChI=1S/C14H20N2OS/c1-17-14-6-5-12(9-13(14)10-15)11-16-7-3-4-8-18-2/h5-6,9,16H,3-4,7-8,11H2,1-2H3. The van der Waals surface area contributed by atoms with Crippen LogP contribution in [0.3, 0.4) is 0 Å². The summed E-state index contributed by atoms with van der Waals surface area (Å²) in [6.07, 6.45) is 4.58. The number of benzene rings is 1. The van der Waals surface area contributed by atoms with Gasteiger partial charge < -0.3 is 10.1 Å². The largest absolute Gasteiger partial charge is 0.495 e. The van der Waals surface area contributed by atoms with Gasteiger partial charge in [0.15, 0.2) is 0 Å². The summed E-state index contributed by atoms with van der Waals surface area (Å²) in [5.74, 6) is 1.87. The first-order valence-electron chi connectivity index (χ1n) is 6.08. The zero-order valence-electron chi connectivity index (χ0n) is 11.0. The highest BCUT2D eigenvalue weighted by molar-refractivity contribution is 7.98. The number of nitriles is 1. The molecule has 0 radical (unpaired) electrons. The molecule has 4 heteroatoms. The van der Waals surface area contributed by atoms with Gasteiger partial charge in [-0.05, 0) is 49.1 Å². The van der Waals surface area contributed by atoms with Crippen LogP contribution in [0.1, 0.15) is 24.0 Å². The van der Waals surface area contributed by atoms with Crippen LogP contribution >= 0.6 is 11.8 Å². The van der Waals surface area contributed by atoms with E-state index in [2.05, 4.69) is 17.6 Å². The van der Waals surface area contributed by atoms with Gasteiger partial charge in [-0.15, -0.1) is 0 Å². The summed E-state index contributed by atoms with van der Waals surface area (Å²) in [7, 11) is 1.58. The number of thioether (sulfide) groups is 1. The van der Waals surface area contributed by atoms with Gasteiger partial charge in [0, 0.05) is 6.54 Å². The van der Waals surface area contributed by atoms with Crippen molar-refractivity contribution in [3.05, 3.63) is 29.3 Å². The number of methoxy groups -OCH3 is 1. The van der Waals surface area contributed by atoms with Gasteiger partial charge >= 0.3 is 0 Å². The monoisotopic (exact) mass is 264 g/mol. The SMILES string of the molecule is COc1ccc(CNCCCCSC)cc1C#N. The van der Waals surface area contributed by atoms with Crippen molar-refractivity contribution in [1.82, 2.24) is 5.32 Å². The minimum Gasteiger partial charge on any atom is -0.495 e. The molecule has 1 aromatic carbocycles.